The molecular weight excluding hydrogens is 298 g/mol. The van der Waals surface area contributed by atoms with Gasteiger partial charge in [-0.3, -0.25) is 4.90 Å². The first-order valence-electron chi connectivity index (χ1n) is 8.24. The number of sulfone groups is 1. The molecule has 122 valence electrons. The van der Waals surface area contributed by atoms with Crippen LogP contribution in [0.15, 0.2) is 30.3 Å². The van der Waals surface area contributed by atoms with E-state index in [1.165, 1.54) is 12.8 Å². The lowest BCUT2D eigenvalue weighted by Gasteiger charge is -2.43. The second-order valence-electron chi connectivity index (χ2n) is 6.37. The molecule has 0 amide bonds. The molecule has 0 spiro atoms. The molecule has 22 heavy (non-hydrogen) atoms. The molecule has 0 unspecified atom stereocenters. The standard InChI is InChI=1S/C17H25NO3S/c19-22(20,14-15-6-2-1-3-7-15)13-11-18-10-12-21-17-9-5-4-8-16(17)18/h1-3,6-7,16-17H,4-5,8-14H2/t16-,17-/m1/s1. The normalized spacial score (nSPS) is 26.5. The number of morpholine rings is 1. The summed E-state index contributed by atoms with van der Waals surface area (Å²) in [6.45, 7) is 2.24. The summed E-state index contributed by atoms with van der Waals surface area (Å²) in [4.78, 5) is 2.34. The lowest BCUT2D eigenvalue weighted by atomic mass is 9.90. The lowest BCUT2D eigenvalue weighted by Crippen LogP contribution is -2.53. The first-order chi connectivity index (χ1) is 10.6. The number of ether oxygens (including phenoxy) is 1. The highest BCUT2D eigenvalue weighted by Gasteiger charge is 2.34. The molecule has 1 heterocycles. The van der Waals surface area contributed by atoms with E-state index in [0.29, 0.717) is 18.7 Å². The van der Waals surface area contributed by atoms with Crippen LogP contribution in [0, 0.1) is 0 Å². The number of fused-ring (bicyclic) bond motifs is 1. The van der Waals surface area contributed by atoms with Crippen LogP contribution in [-0.4, -0.2) is 50.9 Å². The van der Waals surface area contributed by atoms with E-state index >= 15 is 0 Å². The molecule has 1 aromatic rings. The van der Waals surface area contributed by atoms with Gasteiger partial charge in [0.1, 0.15) is 0 Å². The summed E-state index contributed by atoms with van der Waals surface area (Å²) >= 11 is 0. The minimum atomic E-state index is -3.05. The summed E-state index contributed by atoms with van der Waals surface area (Å²) in [7, 11) is -3.05. The average Bonchev–Trinajstić information content (AvgIpc) is 2.53. The Morgan fingerprint density at radius 2 is 1.91 bits per heavy atom. The summed E-state index contributed by atoms with van der Waals surface area (Å²) < 4.78 is 30.5. The van der Waals surface area contributed by atoms with Gasteiger partial charge in [0.05, 0.1) is 24.2 Å². The zero-order chi connectivity index (χ0) is 15.4. The Morgan fingerprint density at radius 1 is 1.14 bits per heavy atom. The molecule has 1 saturated heterocycles. The minimum Gasteiger partial charge on any atom is -0.375 e. The minimum absolute atomic E-state index is 0.145. The van der Waals surface area contributed by atoms with Crippen LogP contribution in [0.3, 0.4) is 0 Å². The molecule has 5 heteroatoms. The fourth-order valence-electron chi connectivity index (χ4n) is 3.61. The molecule has 2 atom stereocenters. The van der Waals surface area contributed by atoms with Crippen molar-refractivity contribution in [3.8, 4) is 0 Å². The van der Waals surface area contributed by atoms with E-state index in [9.17, 15) is 8.42 Å². The molecule has 1 saturated carbocycles. The van der Waals surface area contributed by atoms with Crippen LogP contribution in [-0.2, 0) is 20.3 Å². The summed E-state index contributed by atoms with van der Waals surface area (Å²) in [6, 6.07) is 9.87. The highest BCUT2D eigenvalue weighted by atomic mass is 32.2. The maximum absolute atomic E-state index is 12.3. The van der Waals surface area contributed by atoms with Crippen LogP contribution in [0.25, 0.3) is 0 Å². The molecule has 1 aliphatic carbocycles. The fourth-order valence-corrected chi connectivity index (χ4v) is 4.97. The first kappa shape index (κ1) is 16.0. The van der Waals surface area contributed by atoms with Crippen molar-refractivity contribution in [1.82, 2.24) is 4.90 Å². The Labute approximate surface area is 133 Å². The molecule has 3 rings (SSSR count). The van der Waals surface area contributed by atoms with E-state index in [-0.39, 0.29) is 11.5 Å². The molecule has 0 N–H and O–H groups in total. The van der Waals surface area contributed by atoms with Crippen molar-refractivity contribution in [2.75, 3.05) is 25.4 Å². The lowest BCUT2D eigenvalue weighted by molar-refractivity contribution is -0.0859. The molecule has 2 fully saturated rings. The second-order valence-corrected chi connectivity index (χ2v) is 8.56. The van der Waals surface area contributed by atoms with Crippen LogP contribution in [0.5, 0.6) is 0 Å². The predicted octanol–water partition coefficient (Wildman–Crippen LogP) is 2.24. The molecule has 1 aromatic carbocycles. The third-order valence-electron chi connectivity index (χ3n) is 4.77. The van der Waals surface area contributed by atoms with Gasteiger partial charge in [-0.1, -0.05) is 43.2 Å². The summed E-state index contributed by atoms with van der Waals surface area (Å²) in [6.07, 6.45) is 5.06. The van der Waals surface area contributed by atoms with E-state index in [0.717, 1.165) is 31.6 Å². The average molecular weight is 323 g/mol. The van der Waals surface area contributed by atoms with Crippen molar-refractivity contribution in [3.05, 3.63) is 35.9 Å². The van der Waals surface area contributed by atoms with Crippen LogP contribution in [0.2, 0.25) is 0 Å². The van der Waals surface area contributed by atoms with Gasteiger partial charge in [0.25, 0.3) is 0 Å². The third-order valence-corrected chi connectivity index (χ3v) is 6.34. The van der Waals surface area contributed by atoms with E-state index in [1.54, 1.807) is 0 Å². The fraction of sp³-hybridized carbons (Fsp3) is 0.647. The maximum Gasteiger partial charge on any atom is 0.155 e. The number of hydrogen-bond donors (Lipinski definition) is 0. The Bertz CT molecular complexity index is 571. The summed E-state index contributed by atoms with van der Waals surface area (Å²) in [5.41, 5.74) is 0.875. The zero-order valence-electron chi connectivity index (χ0n) is 13.0. The summed E-state index contributed by atoms with van der Waals surface area (Å²) in [5, 5.41) is 0. The van der Waals surface area contributed by atoms with Crippen LogP contribution in [0.1, 0.15) is 31.2 Å². The molecule has 1 aliphatic heterocycles. The molecule has 0 bridgehead atoms. The van der Waals surface area contributed by atoms with E-state index < -0.39 is 9.84 Å². The molecule has 0 radical (unpaired) electrons. The van der Waals surface area contributed by atoms with Gasteiger partial charge in [-0.25, -0.2) is 8.42 Å². The second kappa shape index (κ2) is 7.11. The topological polar surface area (TPSA) is 46.6 Å². The van der Waals surface area contributed by atoms with Gasteiger partial charge >= 0.3 is 0 Å². The van der Waals surface area contributed by atoms with Crippen molar-refractivity contribution < 1.29 is 13.2 Å². The van der Waals surface area contributed by atoms with Crippen molar-refractivity contribution in [3.63, 3.8) is 0 Å². The van der Waals surface area contributed by atoms with E-state index in [4.69, 9.17) is 4.74 Å². The largest absolute Gasteiger partial charge is 0.375 e. The quantitative estimate of drug-likeness (QED) is 0.834. The highest BCUT2D eigenvalue weighted by molar-refractivity contribution is 7.90. The van der Waals surface area contributed by atoms with Crippen LogP contribution < -0.4 is 0 Å². The smallest absolute Gasteiger partial charge is 0.155 e. The Morgan fingerprint density at radius 3 is 2.73 bits per heavy atom. The first-order valence-corrected chi connectivity index (χ1v) is 10.1. The van der Waals surface area contributed by atoms with Gasteiger partial charge in [0.15, 0.2) is 9.84 Å². The van der Waals surface area contributed by atoms with Crippen LogP contribution >= 0.6 is 0 Å². The van der Waals surface area contributed by atoms with Crippen molar-refractivity contribution in [2.24, 2.45) is 0 Å². The summed E-state index contributed by atoms with van der Waals surface area (Å²) in [5.74, 6) is 0.386. The number of nitrogens with zero attached hydrogens (tertiary/aromatic N) is 1. The van der Waals surface area contributed by atoms with Crippen molar-refractivity contribution in [2.45, 2.75) is 43.6 Å². The number of rotatable bonds is 5. The molecule has 2 aliphatic rings. The monoisotopic (exact) mass is 323 g/mol. The Balaban J connectivity index is 1.56. The molecule has 0 aromatic heterocycles. The van der Waals surface area contributed by atoms with Gasteiger partial charge in [-0.2, -0.15) is 0 Å². The molecule has 4 nitrogen and oxygen atoms in total. The van der Waals surface area contributed by atoms with Crippen molar-refractivity contribution in [1.29, 1.82) is 0 Å². The maximum atomic E-state index is 12.3. The van der Waals surface area contributed by atoms with Gasteiger partial charge in [-0.05, 0) is 18.4 Å². The Hall–Kier alpha value is -0.910. The van der Waals surface area contributed by atoms with Gasteiger partial charge in [0, 0.05) is 19.1 Å². The third kappa shape index (κ3) is 4.09. The highest BCUT2D eigenvalue weighted by Crippen LogP contribution is 2.28. The van der Waals surface area contributed by atoms with Gasteiger partial charge < -0.3 is 4.74 Å². The molecular formula is C17H25NO3S. The number of hydrogen-bond acceptors (Lipinski definition) is 4. The van der Waals surface area contributed by atoms with E-state index in [2.05, 4.69) is 4.90 Å². The SMILES string of the molecule is O=S(=O)(CCN1CCO[C@@H]2CCCC[C@H]21)Cc1ccccc1. The van der Waals surface area contributed by atoms with Gasteiger partial charge in [0.2, 0.25) is 0 Å². The van der Waals surface area contributed by atoms with Crippen LogP contribution in [0.4, 0.5) is 0 Å². The number of benzene rings is 1. The zero-order valence-corrected chi connectivity index (χ0v) is 13.8. The predicted molar refractivity (Wildman–Crippen MR) is 87.5 cm³/mol. The Kier molecular flexibility index (Phi) is 5.16. The van der Waals surface area contributed by atoms with E-state index in [1.807, 2.05) is 30.3 Å². The van der Waals surface area contributed by atoms with Crippen molar-refractivity contribution >= 4 is 9.84 Å². The van der Waals surface area contributed by atoms with Gasteiger partial charge in [-0.15, -0.1) is 0 Å².